The fourth-order valence-corrected chi connectivity index (χ4v) is 4.72. The van der Waals surface area contributed by atoms with Crippen molar-refractivity contribution >= 4 is 11.8 Å². The van der Waals surface area contributed by atoms with Crippen molar-refractivity contribution in [2.24, 2.45) is 5.92 Å². The molecule has 2 rings (SSSR count). The molecule has 0 saturated carbocycles. The first-order valence-electron chi connectivity index (χ1n) is 7.25. The molecule has 112 valence electrons. The molecule has 0 bridgehead atoms. The van der Waals surface area contributed by atoms with E-state index in [1.165, 1.54) is 12.2 Å². The van der Waals surface area contributed by atoms with E-state index in [1.54, 1.807) is 14.2 Å². The quantitative estimate of drug-likeness (QED) is 0.756. The molecule has 2 aliphatic heterocycles. The Morgan fingerprint density at radius 2 is 2.21 bits per heavy atom. The summed E-state index contributed by atoms with van der Waals surface area (Å²) in [4.78, 5) is 0. The minimum absolute atomic E-state index is 0.118. The highest BCUT2D eigenvalue weighted by molar-refractivity contribution is 7.99. The van der Waals surface area contributed by atoms with Gasteiger partial charge in [-0.15, -0.1) is 0 Å². The zero-order valence-corrected chi connectivity index (χ0v) is 13.1. The lowest BCUT2D eigenvalue weighted by molar-refractivity contribution is -0.154. The zero-order chi connectivity index (χ0) is 13.7. The number of likely N-dealkylation sites (N-methyl/N-ethyl adjacent to an activating group) is 1. The van der Waals surface area contributed by atoms with Gasteiger partial charge in [0, 0.05) is 26.6 Å². The molecule has 2 heterocycles. The Bertz CT molecular complexity index is 267. The standard InChI is InChI=1S/C14H27NO3S/c1-4-15-12(13(16-2)17-3)11-5-7-18-14(9-11)6-8-19-10-14/h11-13,15H,4-10H2,1-3H3. The molecule has 3 unspecified atom stereocenters. The summed E-state index contributed by atoms with van der Waals surface area (Å²) in [5.74, 6) is 2.95. The molecule has 4 nitrogen and oxygen atoms in total. The number of thioether (sulfide) groups is 1. The van der Waals surface area contributed by atoms with Gasteiger partial charge in [-0.2, -0.15) is 11.8 Å². The Morgan fingerprint density at radius 1 is 1.42 bits per heavy atom. The summed E-state index contributed by atoms with van der Waals surface area (Å²) in [5.41, 5.74) is 0.118. The maximum atomic E-state index is 6.10. The lowest BCUT2D eigenvalue weighted by Gasteiger charge is -2.42. The van der Waals surface area contributed by atoms with E-state index in [1.807, 2.05) is 11.8 Å². The maximum Gasteiger partial charge on any atom is 0.172 e. The van der Waals surface area contributed by atoms with Crippen LogP contribution in [0.2, 0.25) is 0 Å². The first-order chi connectivity index (χ1) is 9.24. The van der Waals surface area contributed by atoms with E-state index < -0.39 is 0 Å². The van der Waals surface area contributed by atoms with Crippen LogP contribution in [0.4, 0.5) is 0 Å². The summed E-state index contributed by atoms with van der Waals surface area (Å²) in [6, 6.07) is 0.256. The van der Waals surface area contributed by atoms with Gasteiger partial charge in [0.05, 0.1) is 11.6 Å². The van der Waals surface area contributed by atoms with Crippen molar-refractivity contribution in [1.82, 2.24) is 5.32 Å². The van der Waals surface area contributed by atoms with Crippen LogP contribution in [-0.4, -0.2) is 56.8 Å². The summed E-state index contributed by atoms with van der Waals surface area (Å²) in [6.07, 6.45) is 3.24. The van der Waals surface area contributed by atoms with Crippen LogP contribution >= 0.6 is 11.8 Å². The second-order valence-electron chi connectivity index (χ2n) is 5.51. The fourth-order valence-electron chi connectivity index (χ4n) is 3.35. The van der Waals surface area contributed by atoms with Crippen LogP contribution in [0.1, 0.15) is 26.2 Å². The normalized spacial score (nSPS) is 33.2. The first kappa shape index (κ1) is 15.6. The Hall–Kier alpha value is 0.190. The monoisotopic (exact) mass is 289 g/mol. The molecule has 19 heavy (non-hydrogen) atoms. The molecular formula is C14H27NO3S. The Labute approximate surface area is 120 Å². The van der Waals surface area contributed by atoms with Crippen molar-refractivity contribution in [2.45, 2.75) is 44.1 Å². The summed E-state index contributed by atoms with van der Waals surface area (Å²) in [5, 5.41) is 3.55. The Kier molecular flexibility index (Phi) is 5.96. The molecule has 0 radical (unpaired) electrons. The molecule has 1 spiro atoms. The van der Waals surface area contributed by atoms with Gasteiger partial charge in [0.15, 0.2) is 6.29 Å². The lowest BCUT2D eigenvalue weighted by atomic mass is 9.81. The van der Waals surface area contributed by atoms with Gasteiger partial charge in [0.2, 0.25) is 0 Å². The van der Waals surface area contributed by atoms with E-state index in [0.29, 0.717) is 5.92 Å². The third-order valence-electron chi connectivity index (χ3n) is 4.30. The average molecular weight is 289 g/mol. The number of rotatable bonds is 6. The van der Waals surface area contributed by atoms with Crippen molar-refractivity contribution in [2.75, 3.05) is 38.9 Å². The summed E-state index contributed by atoms with van der Waals surface area (Å²) in [6.45, 7) is 3.94. The van der Waals surface area contributed by atoms with E-state index in [4.69, 9.17) is 14.2 Å². The minimum Gasteiger partial charge on any atom is -0.374 e. The highest BCUT2D eigenvalue weighted by atomic mass is 32.2. The highest BCUT2D eigenvalue weighted by Crippen LogP contribution is 2.41. The first-order valence-corrected chi connectivity index (χ1v) is 8.41. The predicted molar refractivity (Wildman–Crippen MR) is 78.6 cm³/mol. The number of nitrogens with one attached hydrogen (secondary N) is 1. The third-order valence-corrected chi connectivity index (χ3v) is 5.53. The van der Waals surface area contributed by atoms with Gasteiger partial charge in [-0.05, 0) is 37.5 Å². The van der Waals surface area contributed by atoms with Gasteiger partial charge in [0.25, 0.3) is 0 Å². The Morgan fingerprint density at radius 3 is 2.79 bits per heavy atom. The molecular weight excluding hydrogens is 262 g/mol. The summed E-state index contributed by atoms with van der Waals surface area (Å²) < 4.78 is 17.1. The van der Waals surface area contributed by atoms with Crippen molar-refractivity contribution < 1.29 is 14.2 Å². The number of ether oxygens (including phenoxy) is 3. The number of methoxy groups -OCH3 is 2. The molecule has 3 atom stereocenters. The predicted octanol–water partition coefficient (Wildman–Crippen LogP) is 1.89. The van der Waals surface area contributed by atoms with Crippen LogP contribution in [0.25, 0.3) is 0 Å². The maximum absolute atomic E-state index is 6.10. The van der Waals surface area contributed by atoms with Gasteiger partial charge in [-0.25, -0.2) is 0 Å². The van der Waals surface area contributed by atoms with Gasteiger partial charge in [-0.1, -0.05) is 6.92 Å². The van der Waals surface area contributed by atoms with Crippen molar-refractivity contribution in [1.29, 1.82) is 0 Å². The average Bonchev–Trinajstić information content (AvgIpc) is 2.87. The van der Waals surface area contributed by atoms with Crippen molar-refractivity contribution in [3.8, 4) is 0 Å². The van der Waals surface area contributed by atoms with Gasteiger partial charge in [-0.3, -0.25) is 0 Å². The van der Waals surface area contributed by atoms with Crippen molar-refractivity contribution in [3.05, 3.63) is 0 Å². The zero-order valence-electron chi connectivity index (χ0n) is 12.3. The largest absolute Gasteiger partial charge is 0.374 e. The number of hydrogen-bond acceptors (Lipinski definition) is 5. The molecule has 0 amide bonds. The lowest BCUT2D eigenvalue weighted by Crippen LogP contribution is -2.52. The molecule has 2 aliphatic rings. The minimum atomic E-state index is -0.172. The van der Waals surface area contributed by atoms with E-state index in [-0.39, 0.29) is 17.9 Å². The molecule has 0 aromatic carbocycles. The van der Waals surface area contributed by atoms with E-state index in [2.05, 4.69) is 12.2 Å². The van der Waals surface area contributed by atoms with Gasteiger partial charge in [0.1, 0.15) is 0 Å². The van der Waals surface area contributed by atoms with Gasteiger partial charge >= 0.3 is 0 Å². The molecule has 2 fully saturated rings. The molecule has 2 saturated heterocycles. The SMILES string of the molecule is CCNC(C1CCOC2(CCSC2)C1)C(OC)OC. The van der Waals surface area contributed by atoms with Crippen LogP contribution in [0.5, 0.6) is 0 Å². The third kappa shape index (κ3) is 3.64. The van der Waals surface area contributed by atoms with E-state index >= 15 is 0 Å². The molecule has 0 aliphatic carbocycles. The summed E-state index contributed by atoms with van der Waals surface area (Å²) in [7, 11) is 3.44. The fraction of sp³-hybridized carbons (Fsp3) is 1.00. The number of hydrogen-bond donors (Lipinski definition) is 1. The second kappa shape index (κ2) is 7.27. The molecule has 5 heteroatoms. The highest BCUT2D eigenvalue weighted by Gasteiger charge is 2.44. The van der Waals surface area contributed by atoms with E-state index in [0.717, 1.165) is 31.7 Å². The van der Waals surface area contributed by atoms with Crippen molar-refractivity contribution in [3.63, 3.8) is 0 Å². The van der Waals surface area contributed by atoms with Crippen LogP contribution in [0, 0.1) is 5.92 Å². The molecule has 0 aromatic rings. The van der Waals surface area contributed by atoms with E-state index in [9.17, 15) is 0 Å². The molecule has 0 aromatic heterocycles. The van der Waals surface area contributed by atoms with Crippen LogP contribution < -0.4 is 5.32 Å². The smallest absolute Gasteiger partial charge is 0.172 e. The van der Waals surface area contributed by atoms with Crippen LogP contribution in [-0.2, 0) is 14.2 Å². The second-order valence-corrected chi connectivity index (χ2v) is 6.62. The topological polar surface area (TPSA) is 39.7 Å². The Balaban J connectivity index is 2.03. The summed E-state index contributed by atoms with van der Waals surface area (Å²) >= 11 is 2.02. The van der Waals surface area contributed by atoms with Crippen LogP contribution in [0.3, 0.4) is 0 Å². The van der Waals surface area contributed by atoms with Crippen LogP contribution in [0.15, 0.2) is 0 Å². The molecule has 1 N–H and O–H groups in total. The van der Waals surface area contributed by atoms with Gasteiger partial charge < -0.3 is 19.5 Å².